The molecule has 0 aliphatic heterocycles. The number of hydrogen-bond donors (Lipinski definition) is 1. The number of aliphatic hydroxyl groups excluding tert-OH is 1. The minimum atomic E-state index is -0.385. The Morgan fingerprint density at radius 1 is 1.43 bits per heavy atom. The molecule has 0 fully saturated rings. The molecular weight excluding hydrogens is 180 g/mol. The summed E-state index contributed by atoms with van der Waals surface area (Å²) in [4.78, 5) is 11.1. The fraction of sp³-hybridized carbons (Fsp3) is 0.727. The van der Waals surface area contributed by atoms with Gasteiger partial charge in [-0.1, -0.05) is 20.4 Å². The molecule has 0 spiro atoms. The number of esters is 1. The summed E-state index contributed by atoms with van der Waals surface area (Å²) >= 11 is 0. The van der Waals surface area contributed by atoms with Gasteiger partial charge in [-0.25, -0.2) is 4.79 Å². The standard InChI is InChI=1S/C11H20O3/c1-5-11(6-2,7-12)8-14-10(13)9(3)4/h12H,3,5-8H2,1-2,4H3. The van der Waals surface area contributed by atoms with Crippen LogP contribution in [-0.4, -0.2) is 24.3 Å². The summed E-state index contributed by atoms with van der Waals surface area (Å²) in [6.07, 6.45) is 1.59. The highest BCUT2D eigenvalue weighted by atomic mass is 16.5. The van der Waals surface area contributed by atoms with E-state index in [-0.39, 0.29) is 24.6 Å². The lowest BCUT2D eigenvalue weighted by Crippen LogP contribution is -2.31. The van der Waals surface area contributed by atoms with Gasteiger partial charge >= 0.3 is 5.97 Å². The van der Waals surface area contributed by atoms with Gasteiger partial charge in [-0.05, 0) is 19.8 Å². The Morgan fingerprint density at radius 3 is 2.21 bits per heavy atom. The van der Waals surface area contributed by atoms with E-state index in [0.717, 1.165) is 12.8 Å². The van der Waals surface area contributed by atoms with Crippen molar-refractivity contribution in [2.24, 2.45) is 5.41 Å². The average Bonchev–Trinajstić information content (AvgIpc) is 2.20. The van der Waals surface area contributed by atoms with Gasteiger partial charge < -0.3 is 9.84 Å². The van der Waals surface area contributed by atoms with E-state index >= 15 is 0 Å². The van der Waals surface area contributed by atoms with Crippen LogP contribution in [0.1, 0.15) is 33.6 Å². The molecule has 82 valence electrons. The smallest absolute Gasteiger partial charge is 0.333 e. The van der Waals surface area contributed by atoms with Crippen molar-refractivity contribution in [1.82, 2.24) is 0 Å². The van der Waals surface area contributed by atoms with Gasteiger partial charge in [-0.3, -0.25) is 0 Å². The summed E-state index contributed by atoms with van der Waals surface area (Å²) in [5.74, 6) is -0.385. The van der Waals surface area contributed by atoms with Crippen LogP contribution in [0.15, 0.2) is 12.2 Å². The largest absolute Gasteiger partial charge is 0.462 e. The molecule has 0 atom stereocenters. The van der Waals surface area contributed by atoms with Gasteiger partial charge in [0.2, 0.25) is 0 Å². The molecule has 1 N–H and O–H groups in total. The number of hydrogen-bond acceptors (Lipinski definition) is 3. The number of rotatable bonds is 6. The van der Waals surface area contributed by atoms with E-state index in [1.165, 1.54) is 0 Å². The van der Waals surface area contributed by atoms with E-state index in [1.54, 1.807) is 6.92 Å². The van der Waals surface area contributed by atoms with E-state index in [4.69, 9.17) is 4.74 Å². The quantitative estimate of drug-likeness (QED) is 0.526. The minimum absolute atomic E-state index is 0.0451. The Hall–Kier alpha value is -0.830. The van der Waals surface area contributed by atoms with Crippen LogP contribution in [0.2, 0.25) is 0 Å². The molecule has 0 amide bonds. The third kappa shape index (κ3) is 3.50. The first-order chi connectivity index (χ1) is 6.51. The molecule has 0 unspecified atom stereocenters. The second-order valence-corrected chi connectivity index (χ2v) is 3.72. The molecule has 3 heteroatoms. The summed E-state index contributed by atoms with van der Waals surface area (Å²) in [7, 11) is 0. The van der Waals surface area contributed by atoms with Crippen molar-refractivity contribution in [3.8, 4) is 0 Å². The van der Waals surface area contributed by atoms with Gasteiger partial charge in [0, 0.05) is 11.0 Å². The molecule has 0 aromatic carbocycles. The van der Waals surface area contributed by atoms with Crippen molar-refractivity contribution in [2.75, 3.05) is 13.2 Å². The van der Waals surface area contributed by atoms with E-state index in [0.29, 0.717) is 5.57 Å². The summed E-state index contributed by atoms with van der Waals surface area (Å²) < 4.78 is 5.04. The number of ether oxygens (including phenoxy) is 1. The van der Waals surface area contributed by atoms with Gasteiger partial charge in [0.25, 0.3) is 0 Å². The van der Waals surface area contributed by atoms with Crippen molar-refractivity contribution in [1.29, 1.82) is 0 Å². The molecule has 0 bridgehead atoms. The van der Waals surface area contributed by atoms with Crippen molar-refractivity contribution in [3.63, 3.8) is 0 Å². The van der Waals surface area contributed by atoms with E-state index in [1.807, 2.05) is 13.8 Å². The van der Waals surface area contributed by atoms with Gasteiger partial charge in [-0.2, -0.15) is 0 Å². The Labute approximate surface area is 85.8 Å². The molecule has 0 aliphatic rings. The monoisotopic (exact) mass is 200 g/mol. The fourth-order valence-electron chi connectivity index (χ4n) is 1.07. The second-order valence-electron chi connectivity index (χ2n) is 3.72. The van der Waals surface area contributed by atoms with Crippen molar-refractivity contribution in [3.05, 3.63) is 12.2 Å². The lowest BCUT2D eigenvalue weighted by atomic mass is 9.84. The SMILES string of the molecule is C=C(C)C(=O)OCC(CC)(CC)CO. The maximum Gasteiger partial charge on any atom is 0.333 e. The van der Waals surface area contributed by atoms with Crippen LogP contribution in [0.4, 0.5) is 0 Å². The summed E-state index contributed by atoms with van der Waals surface area (Å²) in [6, 6.07) is 0. The third-order valence-corrected chi connectivity index (χ3v) is 2.69. The molecule has 0 heterocycles. The molecule has 0 radical (unpaired) electrons. The molecule has 0 saturated heterocycles. The first-order valence-corrected chi connectivity index (χ1v) is 4.95. The Balaban J connectivity index is 4.19. The fourth-order valence-corrected chi connectivity index (χ4v) is 1.07. The minimum Gasteiger partial charge on any atom is -0.462 e. The lowest BCUT2D eigenvalue weighted by molar-refractivity contribution is -0.143. The molecule has 0 rings (SSSR count). The first-order valence-electron chi connectivity index (χ1n) is 4.95. The van der Waals surface area contributed by atoms with Crippen LogP contribution in [0.5, 0.6) is 0 Å². The van der Waals surface area contributed by atoms with Gasteiger partial charge in [0.05, 0.1) is 13.2 Å². The molecule has 3 nitrogen and oxygen atoms in total. The van der Waals surface area contributed by atoms with E-state index in [9.17, 15) is 9.90 Å². The Kier molecular flexibility index (Phi) is 5.46. The van der Waals surface area contributed by atoms with Crippen molar-refractivity contribution >= 4 is 5.97 Å². The number of aliphatic hydroxyl groups is 1. The van der Waals surface area contributed by atoms with Gasteiger partial charge in [-0.15, -0.1) is 0 Å². The maximum absolute atomic E-state index is 11.1. The highest BCUT2D eigenvalue weighted by Crippen LogP contribution is 2.26. The molecule has 0 aromatic heterocycles. The molecule has 0 aromatic rings. The predicted molar refractivity (Wildman–Crippen MR) is 55.9 cm³/mol. The zero-order chi connectivity index (χ0) is 11.2. The van der Waals surface area contributed by atoms with Crippen molar-refractivity contribution in [2.45, 2.75) is 33.6 Å². The zero-order valence-corrected chi connectivity index (χ0v) is 9.30. The molecular formula is C11H20O3. The number of carbonyl (C=O) groups is 1. The molecule has 14 heavy (non-hydrogen) atoms. The third-order valence-electron chi connectivity index (χ3n) is 2.69. The molecule has 0 aliphatic carbocycles. The van der Waals surface area contributed by atoms with Gasteiger partial charge in [0.1, 0.15) is 0 Å². The Morgan fingerprint density at radius 2 is 1.93 bits per heavy atom. The van der Waals surface area contributed by atoms with E-state index in [2.05, 4.69) is 6.58 Å². The second kappa shape index (κ2) is 5.81. The summed E-state index contributed by atoms with van der Waals surface area (Å²) in [5.41, 5.74) is 0.106. The topological polar surface area (TPSA) is 46.5 Å². The van der Waals surface area contributed by atoms with Crippen LogP contribution in [0.25, 0.3) is 0 Å². The summed E-state index contributed by atoms with van der Waals surface area (Å²) in [5, 5.41) is 9.21. The van der Waals surface area contributed by atoms with Gasteiger partial charge in [0.15, 0.2) is 0 Å². The van der Waals surface area contributed by atoms with Crippen LogP contribution >= 0.6 is 0 Å². The molecule has 0 saturated carbocycles. The maximum atomic E-state index is 11.1. The zero-order valence-electron chi connectivity index (χ0n) is 9.30. The predicted octanol–water partition coefficient (Wildman–Crippen LogP) is 1.90. The van der Waals surface area contributed by atoms with Crippen LogP contribution in [0, 0.1) is 5.41 Å². The number of carbonyl (C=O) groups excluding carboxylic acids is 1. The van der Waals surface area contributed by atoms with E-state index < -0.39 is 0 Å². The Bertz CT molecular complexity index is 196. The first kappa shape index (κ1) is 13.2. The summed E-state index contributed by atoms with van der Waals surface area (Å²) in [6.45, 7) is 9.38. The van der Waals surface area contributed by atoms with Crippen LogP contribution in [-0.2, 0) is 9.53 Å². The van der Waals surface area contributed by atoms with Crippen LogP contribution < -0.4 is 0 Å². The lowest BCUT2D eigenvalue weighted by Gasteiger charge is -2.28. The normalized spacial score (nSPS) is 11.1. The highest BCUT2D eigenvalue weighted by molar-refractivity contribution is 5.86. The average molecular weight is 200 g/mol. The highest BCUT2D eigenvalue weighted by Gasteiger charge is 2.27. The van der Waals surface area contributed by atoms with Crippen LogP contribution in [0.3, 0.4) is 0 Å². The van der Waals surface area contributed by atoms with Crippen molar-refractivity contribution < 1.29 is 14.6 Å².